The number of hydrazine groups is 1. The number of aliphatic imine (C=N–C) groups is 1. The highest BCUT2D eigenvalue weighted by atomic mass is 32.2. The molecule has 17 heteroatoms. The molecular weight excluding hydrogens is 768 g/mol. The molecule has 0 radical (unpaired) electrons. The van der Waals surface area contributed by atoms with E-state index in [1.54, 1.807) is 42.2 Å². The van der Waals surface area contributed by atoms with Gasteiger partial charge in [-0.05, 0) is 55.1 Å². The third kappa shape index (κ3) is 20.1. The molecule has 2 unspecified atom stereocenters. The molecule has 0 spiro atoms. The van der Waals surface area contributed by atoms with Crippen LogP contribution in [-0.4, -0.2) is 73.7 Å². The average Bonchev–Trinajstić information content (AvgIpc) is 3.70. The van der Waals surface area contributed by atoms with E-state index in [4.69, 9.17) is 28.9 Å². The molecule has 0 aliphatic carbocycles. The highest BCUT2D eigenvalue weighted by Gasteiger charge is 2.17. The molecule has 0 bridgehead atoms. The van der Waals surface area contributed by atoms with Crippen LogP contribution in [0.15, 0.2) is 113 Å². The van der Waals surface area contributed by atoms with Crippen LogP contribution >= 0.6 is 0 Å². The summed E-state index contributed by atoms with van der Waals surface area (Å²) in [5.41, 5.74) is 17.9. The third-order valence-corrected chi connectivity index (χ3v) is 7.37. The molecule has 2 heterocycles. The largest absolute Gasteiger partial charge is 0.508 e. The highest BCUT2D eigenvalue weighted by Crippen LogP contribution is 2.25. The highest BCUT2D eigenvalue weighted by molar-refractivity contribution is 7.78. The number of amides is 2. The van der Waals surface area contributed by atoms with Crippen molar-refractivity contribution < 1.29 is 37.2 Å². The first kappa shape index (κ1) is 49.8. The van der Waals surface area contributed by atoms with Crippen molar-refractivity contribution in [1.82, 2.24) is 31.2 Å². The number of phenolic OH excluding ortho intramolecular Hbond substituents is 1. The fourth-order valence-corrected chi connectivity index (χ4v) is 4.67. The molecule has 2 atom stereocenters. The summed E-state index contributed by atoms with van der Waals surface area (Å²) >= 11 is -1.61. The minimum absolute atomic E-state index is 0.0462. The molecule has 0 saturated carbocycles. The first-order valence-corrected chi connectivity index (χ1v) is 19.0. The molecule has 5 rings (SSSR count). The van der Waals surface area contributed by atoms with Gasteiger partial charge < -0.3 is 34.9 Å². The van der Waals surface area contributed by atoms with Gasteiger partial charge in [0.05, 0.1) is 36.8 Å². The van der Waals surface area contributed by atoms with E-state index in [0.29, 0.717) is 61.1 Å². The van der Waals surface area contributed by atoms with Crippen LogP contribution in [0.5, 0.6) is 5.75 Å². The van der Waals surface area contributed by atoms with Gasteiger partial charge in [-0.25, -0.2) is 14.0 Å². The minimum Gasteiger partial charge on any atom is -0.508 e. The third-order valence-electron chi connectivity index (χ3n) is 7.37. The SMILES string of the molecule is C=Cc1c(CN(CC(N)NC=O)C(=O)CC)cccc1N=C.C=O.CS(=O)O.Cc1ccc(O)cc1.Fc1ccc(-c2cc(CNNCc3ccccc3)on2)nc1. The number of hydrogen-bond acceptors (Lipinski definition) is 12. The lowest BCUT2D eigenvalue weighted by atomic mass is 10.0. The van der Waals surface area contributed by atoms with Gasteiger partial charge in [0.1, 0.15) is 35.1 Å². The first-order valence-electron chi connectivity index (χ1n) is 17.5. The van der Waals surface area contributed by atoms with Crippen LogP contribution in [0, 0.1) is 12.7 Å². The van der Waals surface area contributed by atoms with Crippen LogP contribution in [0.4, 0.5) is 10.1 Å². The van der Waals surface area contributed by atoms with Crippen molar-refractivity contribution in [2.75, 3.05) is 12.8 Å². The number of aryl methyl sites for hydroxylation is 1. The molecule has 2 amide bonds. The van der Waals surface area contributed by atoms with Crippen LogP contribution in [0.25, 0.3) is 17.5 Å². The lowest BCUT2D eigenvalue weighted by molar-refractivity contribution is -0.132. The zero-order chi connectivity index (χ0) is 43.3. The van der Waals surface area contributed by atoms with Gasteiger partial charge in [0.15, 0.2) is 5.76 Å². The van der Waals surface area contributed by atoms with Crippen LogP contribution in [0.1, 0.15) is 41.4 Å². The molecule has 7 N–H and O–H groups in total. The van der Waals surface area contributed by atoms with Crippen molar-refractivity contribution >= 4 is 48.7 Å². The molecule has 3 aromatic carbocycles. The van der Waals surface area contributed by atoms with Crippen molar-refractivity contribution in [2.45, 2.75) is 46.1 Å². The topological polar surface area (TPSA) is 225 Å². The summed E-state index contributed by atoms with van der Waals surface area (Å²) in [5, 5.41) is 15.1. The number of nitrogens with two attached hydrogens (primary N) is 1. The zero-order valence-corrected chi connectivity index (χ0v) is 33.5. The summed E-state index contributed by atoms with van der Waals surface area (Å²) in [5.74, 6) is 0.576. The van der Waals surface area contributed by atoms with E-state index in [9.17, 15) is 14.0 Å². The lowest BCUT2D eigenvalue weighted by Crippen LogP contribution is -2.48. The Bertz CT molecular complexity index is 1940. The van der Waals surface area contributed by atoms with Gasteiger partial charge in [0, 0.05) is 37.4 Å². The summed E-state index contributed by atoms with van der Waals surface area (Å²) in [6, 6.07) is 27.4. The quantitative estimate of drug-likeness (QED) is 0.0194. The number of rotatable bonds is 15. The fourth-order valence-electron chi connectivity index (χ4n) is 4.67. The number of benzene rings is 3. The lowest BCUT2D eigenvalue weighted by Gasteiger charge is -2.26. The van der Waals surface area contributed by atoms with E-state index < -0.39 is 17.2 Å². The average molecular weight is 819 g/mol. The first-order chi connectivity index (χ1) is 27.9. The van der Waals surface area contributed by atoms with Crippen molar-refractivity contribution in [3.05, 3.63) is 138 Å². The summed E-state index contributed by atoms with van der Waals surface area (Å²) in [6.45, 7) is 14.9. The predicted molar refractivity (Wildman–Crippen MR) is 225 cm³/mol. The summed E-state index contributed by atoms with van der Waals surface area (Å²) in [6.07, 6.45) is 4.31. The summed E-state index contributed by atoms with van der Waals surface area (Å²) in [7, 11) is 0. The molecule has 0 fully saturated rings. The van der Waals surface area contributed by atoms with E-state index in [0.717, 1.165) is 17.3 Å². The van der Waals surface area contributed by atoms with Crippen molar-refractivity contribution in [2.24, 2.45) is 10.7 Å². The number of carbonyl (C=O) groups is 3. The number of aromatic hydroxyl groups is 1. The Labute approximate surface area is 340 Å². The second-order valence-corrected chi connectivity index (χ2v) is 12.6. The molecule has 2 aromatic heterocycles. The fraction of sp³-hybridized carbons (Fsp3) is 0.220. The molecule has 58 heavy (non-hydrogen) atoms. The molecule has 0 aliphatic rings. The maximum absolute atomic E-state index is 12.8. The van der Waals surface area contributed by atoms with Crippen LogP contribution in [-0.2, 0) is 45.1 Å². The maximum atomic E-state index is 12.8. The van der Waals surface area contributed by atoms with E-state index >= 15 is 0 Å². The molecular formula is C41H51FN8O7S. The normalized spacial score (nSPS) is 10.8. The van der Waals surface area contributed by atoms with Gasteiger partial charge in [-0.3, -0.25) is 25.0 Å². The van der Waals surface area contributed by atoms with Crippen molar-refractivity contribution in [1.29, 1.82) is 0 Å². The second kappa shape index (κ2) is 29.1. The van der Waals surface area contributed by atoms with Crippen molar-refractivity contribution in [3.63, 3.8) is 0 Å². The van der Waals surface area contributed by atoms with Gasteiger partial charge in [0.25, 0.3) is 0 Å². The van der Waals surface area contributed by atoms with E-state index in [2.05, 4.69) is 44.6 Å². The number of phenols is 1. The predicted octanol–water partition coefficient (Wildman–Crippen LogP) is 5.45. The van der Waals surface area contributed by atoms with Gasteiger partial charge in [-0.2, -0.15) is 0 Å². The number of aromatic nitrogens is 2. The number of carbonyl (C=O) groups excluding carboxylic acids is 3. The molecule has 15 nitrogen and oxygen atoms in total. The number of halogens is 1. The van der Waals surface area contributed by atoms with Gasteiger partial charge in [0.2, 0.25) is 12.3 Å². The monoisotopic (exact) mass is 818 g/mol. The van der Waals surface area contributed by atoms with E-state index in [-0.39, 0.29) is 18.3 Å². The Hall–Kier alpha value is -6.24. The van der Waals surface area contributed by atoms with Crippen LogP contribution in [0.2, 0.25) is 0 Å². The van der Waals surface area contributed by atoms with Gasteiger partial charge in [-0.1, -0.05) is 84.9 Å². The zero-order valence-electron chi connectivity index (χ0n) is 32.7. The van der Waals surface area contributed by atoms with Crippen LogP contribution < -0.4 is 21.9 Å². The Morgan fingerprint density at radius 1 is 1.03 bits per heavy atom. The number of hydrogen-bond donors (Lipinski definition) is 6. The van der Waals surface area contributed by atoms with Gasteiger partial charge in [-0.15, -0.1) is 0 Å². The van der Waals surface area contributed by atoms with E-state index in [1.807, 2.05) is 74.4 Å². The molecule has 0 saturated heterocycles. The summed E-state index contributed by atoms with van der Waals surface area (Å²) < 4.78 is 34.7. The van der Waals surface area contributed by atoms with E-state index in [1.165, 1.54) is 23.4 Å². The molecule has 0 aliphatic heterocycles. The number of pyridine rings is 1. The van der Waals surface area contributed by atoms with Gasteiger partial charge >= 0.3 is 0 Å². The van der Waals surface area contributed by atoms with Crippen molar-refractivity contribution in [3.8, 4) is 17.1 Å². The standard InChI is InChI=1S/C16H15FN4O.C16H22N4O2.C7H8O.CH4O2S.CH2O/c17-13-6-7-15(18-10-13)16-8-14(22-21-16)11-20-19-9-12-4-2-1-3-5-12;1-4-13-12(7-6-8-14(13)18-3)9-20(16(22)5-2)10-15(17)19-11-21;1-6-2-4-7(8)5-3-6;1-4(2)3;1-2/h1-8,10,19-20H,9,11H2;4,6-8,11,15H,1,3,5,9-10,17H2,2H3,(H,19,21);2-5,8H,1H3;1H3,(H,2,3);1H2. The minimum atomic E-state index is -1.61. The van der Waals surface area contributed by atoms with Crippen LogP contribution in [0.3, 0.4) is 0 Å². The molecule has 5 aromatic rings. The Morgan fingerprint density at radius 3 is 2.24 bits per heavy atom. The number of nitrogens with one attached hydrogen (secondary N) is 3. The molecule has 310 valence electrons. The number of nitrogens with zero attached hydrogens (tertiary/aromatic N) is 4. The smallest absolute Gasteiger partial charge is 0.222 e. The Kier molecular flexibility index (Phi) is 24.9. The summed E-state index contributed by atoms with van der Waals surface area (Å²) in [4.78, 5) is 40.1. The Morgan fingerprint density at radius 2 is 1.69 bits per heavy atom. The second-order valence-electron chi connectivity index (χ2n) is 11.7. The Balaban J connectivity index is 0.000000438. The maximum Gasteiger partial charge on any atom is 0.222 e.